The van der Waals surface area contributed by atoms with Crippen LogP contribution in [0.4, 0.5) is 5.69 Å². The predicted octanol–water partition coefficient (Wildman–Crippen LogP) is 1.46. The molecule has 0 amide bonds. The van der Waals surface area contributed by atoms with Crippen LogP contribution in [-0.2, 0) is 20.0 Å². The van der Waals surface area contributed by atoms with Crippen LogP contribution >= 0.6 is 0 Å². The number of rotatable bonds is 6. The number of sulfonamides is 2. The van der Waals surface area contributed by atoms with E-state index in [1.54, 1.807) is 13.0 Å². The van der Waals surface area contributed by atoms with Gasteiger partial charge in [-0.05, 0) is 36.8 Å². The molecular formula is C15H18N2O6S2. The molecule has 2 rings (SSSR count). The Bertz CT molecular complexity index is 1000. The summed E-state index contributed by atoms with van der Waals surface area (Å²) in [5.41, 5.74) is 0.462. The Hall–Kier alpha value is -2.30. The molecule has 0 aliphatic rings. The number of hydrogen-bond acceptors (Lipinski definition) is 6. The van der Waals surface area contributed by atoms with Crippen molar-refractivity contribution in [3.05, 3.63) is 42.0 Å². The van der Waals surface area contributed by atoms with Gasteiger partial charge in [0.05, 0.1) is 24.8 Å². The van der Waals surface area contributed by atoms with E-state index in [-0.39, 0.29) is 21.2 Å². The molecule has 0 aliphatic heterocycles. The largest absolute Gasteiger partial charge is 0.497 e. The molecule has 0 spiro atoms. The highest BCUT2D eigenvalue weighted by molar-refractivity contribution is 7.92. The van der Waals surface area contributed by atoms with Crippen LogP contribution in [0.1, 0.15) is 5.56 Å². The fourth-order valence-electron chi connectivity index (χ4n) is 2.17. The number of nitrogens with two attached hydrogens (primary N) is 1. The van der Waals surface area contributed by atoms with Gasteiger partial charge in [0, 0.05) is 6.07 Å². The Balaban J connectivity index is 2.50. The second kappa shape index (κ2) is 6.90. The Morgan fingerprint density at radius 2 is 1.60 bits per heavy atom. The lowest BCUT2D eigenvalue weighted by molar-refractivity contribution is 0.392. The van der Waals surface area contributed by atoms with Crippen LogP contribution in [0.2, 0.25) is 0 Å². The first-order valence-corrected chi connectivity index (χ1v) is 10.00. The van der Waals surface area contributed by atoms with Crippen molar-refractivity contribution in [2.24, 2.45) is 5.14 Å². The average molecular weight is 386 g/mol. The number of ether oxygens (including phenoxy) is 2. The SMILES string of the molecule is COc1ccc(OC)c(S(=O)(=O)Nc2ccc(C)c(S(N)(=O)=O)c2)c1. The molecule has 0 heterocycles. The molecule has 0 radical (unpaired) electrons. The summed E-state index contributed by atoms with van der Waals surface area (Å²) in [6.07, 6.45) is 0. The third-order valence-corrected chi connectivity index (χ3v) is 5.86. The van der Waals surface area contributed by atoms with E-state index >= 15 is 0 Å². The number of aryl methyl sites for hydroxylation is 1. The van der Waals surface area contributed by atoms with Crippen LogP contribution in [0.25, 0.3) is 0 Å². The zero-order valence-electron chi connectivity index (χ0n) is 13.8. The molecule has 136 valence electrons. The van der Waals surface area contributed by atoms with E-state index in [2.05, 4.69) is 4.72 Å². The lowest BCUT2D eigenvalue weighted by atomic mass is 10.2. The minimum atomic E-state index is -4.05. The number of nitrogens with one attached hydrogen (secondary N) is 1. The molecule has 2 aromatic rings. The lowest BCUT2D eigenvalue weighted by Crippen LogP contribution is -2.17. The van der Waals surface area contributed by atoms with Gasteiger partial charge in [-0.15, -0.1) is 0 Å². The van der Waals surface area contributed by atoms with Crippen molar-refractivity contribution >= 4 is 25.7 Å². The molecule has 25 heavy (non-hydrogen) atoms. The monoisotopic (exact) mass is 386 g/mol. The molecule has 0 saturated carbocycles. The first-order chi connectivity index (χ1) is 11.6. The maximum absolute atomic E-state index is 12.7. The molecule has 0 atom stereocenters. The maximum atomic E-state index is 12.7. The Kier molecular flexibility index (Phi) is 5.26. The van der Waals surface area contributed by atoms with Crippen LogP contribution in [0, 0.1) is 6.92 Å². The zero-order valence-corrected chi connectivity index (χ0v) is 15.4. The van der Waals surface area contributed by atoms with E-state index < -0.39 is 20.0 Å². The standard InChI is InChI=1S/C15H18N2O6S2/c1-10-4-5-11(8-14(10)24(16,18)19)17-25(20,21)15-9-12(22-2)6-7-13(15)23-3/h4-9,17H,1-3H3,(H2,16,18,19). The lowest BCUT2D eigenvalue weighted by Gasteiger charge is -2.14. The van der Waals surface area contributed by atoms with Crippen molar-refractivity contribution in [1.29, 1.82) is 0 Å². The Labute approximate surface area is 146 Å². The molecule has 8 nitrogen and oxygen atoms in total. The molecule has 0 bridgehead atoms. The second-order valence-corrected chi connectivity index (χ2v) is 8.33. The van der Waals surface area contributed by atoms with Crippen molar-refractivity contribution in [3.8, 4) is 11.5 Å². The minimum absolute atomic E-state index is 0.0551. The highest BCUT2D eigenvalue weighted by Crippen LogP contribution is 2.30. The van der Waals surface area contributed by atoms with Gasteiger partial charge in [0.15, 0.2) is 0 Å². The maximum Gasteiger partial charge on any atom is 0.265 e. The van der Waals surface area contributed by atoms with Crippen LogP contribution in [0.3, 0.4) is 0 Å². The third-order valence-electron chi connectivity index (χ3n) is 3.41. The van der Waals surface area contributed by atoms with Crippen LogP contribution in [-0.4, -0.2) is 31.1 Å². The van der Waals surface area contributed by atoms with Crippen molar-refractivity contribution in [2.75, 3.05) is 18.9 Å². The van der Waals surface area contributed by atoms with Gasteiger partial charge >= 0.3 is 0 Å². The summed E-state index contributed by atoms with van der Waals surface area (Å²) in [5.74, 6) is 0.447. The molecule has 0 saturated heterocycles. The van der Waals surface area contributed by atoms with Crippen molar-refractivity contribution in [2.45, 2.75) is 16.7 Å². The van der Waals surface area contributed by atoms with E-state index in [4.69, 9.17) is 14.6 Å². The molecular weight excluding hydrogens is 368 g/mol. The van der Waals surface area contributed by atoms with E-state index in [0.717, 1.165) is 6.07 Å². The normalized spacial score (nSPS) is 11.8. The van der Waals surface area contributed by atoms with Crippen LogP contribution < -0.4 is 19.3 Å². The van der Waals surface area contributed by atoms with E-state index in [1.165, 1.54) is 38.5 Å². The average Bonchev–Trinajstić information content (AvgIpc) is 2.54. The van der Waals surface area contributed by atoms with Gasteiger partial charge < -0.3 is 9.47 Å². The fourth-order valence-corrected chi connectivity index (χ4v) is 4.22. The quantitative estimate of drug-likeness (QED) is 0.774. The molecule has 0 fully saturated rings. The molecule has 0 unspecified atom stereocenters. The van der Waals surface area contributed by atoms with Gasteiger partial charge in [-0.25, -0.2) is 22.0 Å². The topological polar surface area (TPSA) is 125 Å². The molecule has 0 aromatic heterocycles. The highest BCUT2D eigenvalue weighted by atomic mass is 32.2. The third kappa shape index (κ3) is 4.21. The van der Waals surface area contributed by atoms with Crippen molar-refractivity contribution < 1.29 is 26.3 Å². The summed E-state index contributed by atoms with van der Waals surface area (Å²) in [6.45, 7) is 1.56. The van der Waals surface area contributed by atoms with Crippen LogP contribution in [0.15, 0.2) is 46.2 Å². The number of primary sulfonamides is 1. The first kappa shape index (κ1) is 19.0. The molecule has 0 aliphatic carbocycles. The highest BCUT2D eigenvalue weighted by Gasteiger charge is 2.22. The summed E-state index contributed by atoms with van der Waals surface area (Å²) in [5, 5.41) is 5.14. The number of benzene rings is 2. The van der Waals surface area contributed by atoms with E-state index in [1.807, 2.05) is 0 Å². The van der Waals surface area contributed by atoms with Gasteiger partial charge in [-0.2, -0.15) is 0 Å². The van der Waals surface area contributed by atoms with Gasteiger partial charge in [-0.1, -0.05) is 6.07 Å². The number of methoxy groups -OCH3 is 2. The van der Waals surface area contributed by atoms with E-state index in [0.29, 0.717) is 11.3 Å². The smallest absolute Gasteiger partial charge is 0.265 e. The van der Waals surface area contributed by atoms with Gasteiger partial charge in [0.2, 0.25) is 10.0 Å². The number of anilines is 1. The van der Waals surface area contributed by atoms with E-state index in [9.17, 15) is 16.8 Å². The summed E-state index contributed by atoms with van der Waals surface area (Å²) in [4.78, 5) is -0.308. The molecule has 3 N–H and O–H groups in total. The summed E-state index contributed by atoms with van der Waals surface area (Å²) >= 11 is 0. The van der Waals surface area contributed by atoms with Crippen LogP contribution in [0.5, 0.6) is 11.5 Å². The van der Waals surface area contributed by atoms with Gasteiger partial charge in [-0.3, -0.25) is 4.72 Å². The molecule has 2 aromatic carbocycles. The Morgan fingerprint density at radius 1 is 0.920 bits per heavy atom. The number of hydrogen-bond donors (Lipinski definition) is 2. The van der Waals surface area contributed by atoms with Gasteiger partial charge in [0.25, 0.3) is 10.0 Å². The second-order valence-electron chi connectivity index (χ2n) is 5.15. The first-order valence-electron chi connectivity index (χ1n) is 6.97. The van der Waals surface area contributed by atoms with Crippen molar-refractivity contribution in [3.63, 3.8) is 0 Å². The fraction of sp³-hybridized carbons (Fsp3) is 0.200. The van der Waals surface area contributed by atoms with Crippen molar-refractivity contribution in [1.82, 2.24) is 0 Å². The Morgan fingerprint density at radius 3 is 2.16 bits per heavy atom. The molecule has 10 heteroatoms. The zero-order chi connectivity index (χ0) is 18.8. The minimum Gasteiger partial charge on any atom is -0.497 e. The summed E-state index contributed by atoms with van der Waals surface area (Å²) in [7, 11) is -5.29. The summed E-state index contributed by atoms with van der Waals surface area (Å²) < 4.78 is 60.9. The predicted molar refractivity (Wildman–Crippen MR) is 92.9 cm³/mol. The van der Waals surface area contributed by atoms with Gasteiger partial charge in [0.1, 0.15) is 16.4 Å². The summed E-state index contributed by atoms with van der Waals surface area (Å²) in [6, 6.07) is 8.38.